The highest BCUT2D eigenvalue weighted by Gasteiger charge is 2.35. The molecule has 2 aliphatic rings. The number of nitrogens with zero attached hydrogens (tertiary/aromatic N) is 7. The number of aromatic nitrogens is 4. The van der Waals surface area contributed by atoms with E-state index in [1.54, 1.807) is 19.5 Å². The van der Waals surface area contributed by atoms with Crippen molar-refractivity contribution in [3.05, 3.63) is 41.4 Å². The molecule has 0 amide bonds. The fourth-order valence-corrected chi connectivity index (χ4v) is 4.52. The summed E-state index contributed by atoms with van der Waals surface area (Å²) in [4.78, 5) is 22.9. The molecule has 0 N–H and O–H groups in total. The van der Waals surface area contributed by atoms with E-state index in [4.69, 9.17) is 26.6 Å². The highest BCUT2D eigenvalue weighted by molar-refractivity contribution is 6.34. The molecule has 0 atom stereocenters. The van der Waals surface area contributed by atoms with E-state index in [1.165, 1.54) is 0 Å². The van der Waals surface area contributed by atoms with Crippen molar-refractivity contribution in [2.24, 2.45) is 5.92 Å². The van der Waals surface area contributed by atoms with Crippen LogP contribution in [0.2, 0.25) is 5.15 Å². The molecule has 2 saturated heterocycles. The SMILES string of the molecule is COc1cccc2c(Cl)nc(N3CC(c4nccnc4N4CCC(C#N)CC4)C3)nc12. The molecule has 0 spiro atoms. The lowest BCUT2D eigenvalue weighted by Crippen LogP contribution is -2.47. The van der Waals surface area contributed by atoms with Gasteiger partial charge in [0.2, 0.25) is 5.95 Å². The number of methoxy groups -OCH3 is 1. The Morgan fingerprint density at radius 1 is 1.10 bits per heavy atom. The number of hydrogen-bond donors (Lipinski definition) is 0. The fourth-order valence-electron chi connectivity index (χ4n) is 4.29. The Labute approximate surface area is 185 Å². The molecule has 1 aromatic carbocycles. The molecule has 4 heterocycles. The van der Waals surface area contributed by atoms with Crippen LogP contribution in [-0.2, 0) is 0 Å². The average Bonchev–Trinajstić information content (AvgIpc) is 2.78. The van der Waals surface area contributed by atoms with Crippen LogP contribution in [0, 0.1) is 17.2 Å². The van der Waals surface area contributed by atoms with Crippen LogP contribution in [0.25, 0.3) is 10.9 Å². The van der Waals surface area contributed by atoms with Crippen LogP contribution >= 0.6 is 11.6 Å². The van der Waals surface area contributed by atoms with Crippen LogP contribution in [0.5, 0.6) is 5.75 Å². The van der Waals surface area contributed by atoms with Crippen molar-refractivity contribution < 1.29 is 4.74 Å². The molecular weight excluding hydrogens is 414 g/mol. The summed E-state index contributed by atoms with van der Waals surface area (Å²) in [5.41, 5.74) is 1.71. The van der Waals surface area contributed by atoms with Gasteiger partial charge in [0, 0.05) is 55.8 Å². The predicted molar refractivity (Wildman–Crippen MR) is 119 cm³/mol. The molecule has 31 heavy (non-hydrogen) atoms. The first-order valence-corrected chi connectivity index (χ1v) is 10.8. The zero-order valence-electron chi connectivity index (χ0n) is 17.2. The van der Waals surface area contributed by atoms with Gasteiger partial charge < -0.3 is 14.5 Å². The minimum absolute atomic E-state index is 0.141. The molecule has 2 fully saturated rings. The van der Waals surface area contributed by atoms with Crippen LogP contribution in [0.1, 0.15) is 24.5 Å². The van der Waals surface area contributed by atoms with Crippen molar-refractivity contribution in [2.45, 2.75) is 18.8 Å². The summed E-state index contributed by atoms with van der Waals surface area (Å²) in [6, 6.07) is 8.03. The second-order valence-corrected chi connectivity index (χ2v) is 8.29. The topological polar surface area (TPSA) is 91.1 Å². The van der Waals surface area contributed by atoms with Crippen LogP contribution < -0.4 is 14.5 Å². The van der Waals surface area contributed by atoms with E-state index in [9.17, 15) is 0 Å². The molecule has 0 unspecified atom stereocenters. The lowest BCUT2D eigenvalue weighted by Gasteiger charge is -2.40. The lowest BCUT2D eigenvalue weighted by molar-refractivity contribution is 0.418. The van der Waals surface area contributed by atoms with Crippen molar-refractivity contribution in [2.75, 3.05) is 43.1 Å². The standard InChI is InChI=1S/C22H22ClN7O/c1-31-17-4-2-3-16-19(17)27-22(28-20(16)23)30-12-15(13-30)18-21(26-8-7-25-18)29-9-5-14(11-24)6-10-29/h2-4,7-8,14-15H,5-6,9-10,12-13H2,1H3. The van der Waals surface area contributed by atoms with Crippen molar-refractivity contribution in [3.8, 4) is 11.8 Å². The van der Waals surface area contributed by atoms with Crippen molar-refractivity contribution >= 4 is 34.3 Å². The summed E-state index contributed by atoms with van der Waals surface area (Å²) < 4.78 is 5.45. The van der Waals surface area contributed by atoms with E-state index in [0.717, 1.165) is 55.9 Å². The first-order valence-electron chi connectivity index (χ1n) is 10.4. The number of rotatable bonds is 4. The quantitative estimate of drug-likeness (QED) is 0.575. The number of benzene rings is 1. The van der Waals surface area contributed by atoms with Crippen molar-refractivity contribution in [3.63, 3.8) is 0 Å². The maximum Gasteiger partial charge on any atom is 0.227 e. The third-order valence-corrected chi connectivity index (χ3v) is 6.37. The van der Waals surface area contributed by atoms with Gasteiger partial charge >= 0.3 is 0 Å². The molecular formula is C22H22ClN7O. The number of halogens is 1. The summed E-state index contributed by atoms with van der Waals surface area (Å²) in [6.45, 7) is 3.17. The van der Waals surface area contributed by atoms with E-state index < -0.39 is 0 Å². The van der Waals surface area contributed by atoms with Gasteiger partial charge in [0.1, 0.15) is 16.4 Å². The number of ether oxygens (including phenoxy) is 1. The lowest BCUT2D eigenvalue weighted by atomic mass is 9.94. The molecule has 0 aliphatic carbocycles. The molecule has 0 saturated carbocycles. The fraction of sp³-hybridized carbons (Fsp3) is 0.409. The van der Waals surface area contributed by atoms with Gasteiger partial charge in [-0.25, -0.2) is 15.0 Å². The molecule has 3 aromatic rings. The molecule has 0 radical (unpaired) electrons. The second-order valence-electron chi connectivity index (χ2n) is 7.93. The number of anilines is 2. The second kappa shape index (κ2) is 8.16. The molecule has 9 heteroatoms. The largest absolute Gasteiger partial charge is 0.494 e. The number of hydrogen-bond acceptors (Lipinski definition) is 8. The van der Waals surface area contributed by atoms with Crippen LogP contribution in [0.4, 0.5) is 11.8 Å². The molecule has 158 valence electrons. The Balaban J connectivity index is 1.36. The summed E-state index contributed by atoms with van der Waals surface area (Å²) in [5, 5.41) is 10.4. The first-order chi connectivity index (χ1) is 15.2. The summed E-state index contributed by atoms with van der Waals surface area (Å²) in [5.74, 6) is 2.59. The van der Waals surface area contributed by atoms with Gasteiger partial charge in [-0.1, -0.05) is 17.7 Å². The summed E-state index contributed by atoms with van der Waals surface area (Å²) in [6.07, 6.45) is 5.23. The average molecular weight is 436 g/mol. The Morgan fingerprint density at radius 3 is 2.61 bits per heavy atom. The van der Waals surface area contributed by atoms with Gasteiger partial charge in [0.05, 0.1) is 18.9 Å². The Hall–Kier alpha value is -3.18. The highest BCUT2D eigenvalue weighted by atomic mass is 35.5. The highest BCUT2D eigenvalue weighted by Crippen LogP contribution is 2.36. The molecule has 5 rings (SSSR count). The minimum Gasteiger partial charge on any atom is -0.494 e. The van der Waals surface area contributed by atoms with E-state index in [1.807, 2.05) is 18.2 Å². The van der Waals surface area contributed by atoms with Gasteiger partial charge in [-0.15, -0.1) is 0 Å². The smallest absolute Gasteiger partial charge is 0.227 e. The van der Waals surface area contributed by atoms with Crippen molar-refractivity contribution in [1.29, 1.82) is 5.26 Å². The Kier molecular flexibility index (Phi) is 5.20. The van der Waals surface area contributed by atoms with Crippen LogP contribution in [-0.4, -0.2) is 53.2 Å². The number of fused-ring (bicyclic) bond motifs is 1. The van der Waals surface area contributed by atoms with Gasteiger partial charge in [-0.3, -0.25) is 4.98 Å². The zero-order chi connectivity index (χ0) is 21.4. The maximum atomic E-state index is 9.16. The van der Waals surface area contributed by atoms with Gasteiger partial charge in [0.15, 0.2) is 5.82 Å². The maximum absolute atomic E-state index is 9.16. The number of para-hydroxylation sites is 1. The Morgan fingerprint density at radius 2 is 1.87 bits per heavy atom. The third kappa shape index (κ3) is 3.59. The van der Waals surface area contributed by atoms with E-state index in [2.05, 4.69) is 30.8 Å². The number of piperidine rings is 1. The number of nitriles is 1. The molecule has 8 nitrogen and oxygen atoms in total. The monoisotopic (exact) mass is 435 g/mol. The van der Waals surface area contributed by atoms with Crippen molar-refractivity contribution in [1.82, 2.24) is 19.9 Å². The van der Waals surface area contributed by atoms with E-state index in [0.29, 0.717) is 22.4 Å². The van der Waals surface area contributed by atoms with Gasteiger partial charge in [-0.2, -0.15) is 5.26 Å². The Bertz CT molecular complexity index is 1150. The van der Waals surface area contributed by atoms with Gasteiger partial charge in [-0.05, 0) is 25.0 Å². The van der Waals surface area contributed by atoms with Crippen LogP contribution in [0.15, 0.2) is 30.6 Å². The van der Waals surface area contributed by atoms with E-state index in [-0.39, 0.29) is 11.8 Å². The van der Waals surface area contributed by atoms with Crippen LogP contribution in [0.3, 0.4) is 0 Å². The zero-order valence-corrected chi connectivity index (χ0v) is 18.0. The first kappa shape index (κ1) is 19.8. The molecule has 0 bridgehead atoms. The normalized spacial score (nSPS) is 17.5. The minimum atomic E-state index is 0.141. The molecule has 2 aromatic heterocycles. The molecule has 2 aliphatic heterocycles. The summed E-state index contributed by atoms with van der Waals surface area (Å²) >= 11 is 6.43. The van der Waals surface area contributed by atoms with Gasteiger partial charge in [0.25, 0.3) is 0 Å². The predicted octanol–water partition coefficient (Wildman–Crippen LogP) is 3.43. The third-order valence-electron chi connectivity index (χ3n) is 6.09. The summed E-state index contributed by atoms with van der Waals surface area (Å²) in [7, 11) is 1.62. The van der Waals surface area contributed by atoms with E-state index >= 15 is 0 Å².